The minimum atomic E-state index is -0.334. The summed E-state index contributed by atoms with van der Waals surface area (Å²) < 4.78 is 16.1. The second kappa shape index (κ2) is 5.50. The highest BCUT2D eigenvalue weighted by atomic mass is 79.9. The lowest BCUT2D eigenvalue weighted by Crippen LogP contribution is -2.27. The van der Waals surface area contributed by atoms with Crippen LogP contribution >= 0.6 is 15.9 Å². The van der Waals surface area contributed by atoms with E-state index in [4.69, 9.17) is 0 Å². The number of fused-ring (bicyclic) bond motifs is 1. The summed E-state index contributed by atoms with van der Waals surface area (Å²) in [6.45, 7) is 1.63. The van der Waals surface area contributed by atoms with Gasteiger partial charge < -0.3 is 5.32 Å². The van der Waals surface area contributed by atoms with E-state index in [1.807, 2.05) is 6.07 Å². The number of hydrogen-bond acceptors (Lipinski definition) is 2. The van der Waals surface area contributed by atoms with Gasteiger partial charge in [-0.2, -0.15) is 0 Å². The number of halogens is 2. The number of carbonyl (C=O) groups excluding carboxylic acids is 1. The van der Waals surface area contributed by atoms with Crippen molar-refractivity contribution in [2.24, 2.45) is 0 Å². The second-order valence-corrected chi connectivity index (χ2v) is 5.68. The molecule has 0 saturated heterocycles. The van der Waals surface area contributed by atoms with E-state index < -0.39 is 0 Å². The molecule has 3 nitrogen and oxygen atoms in total. The maximum absolute atomic E-state index is 13.6. The summed E-state index contributed by atoms with van der Waals surface area (Å²) in [6, 6.07) is 8.37. The van der Waals surface area contributed by atoms with E-state index >= 15 is 0 Å². The molecule has 0 aliphatic carbocycles. The number of benzene rings is 1. The van der Waals surface area contributed by atoms with E-state index in [0.717, 1.165) is 35.4 Å². The van der Waals surface area contributed by atoms with E-state index in [-0.39, 0.29) is 18.1 Å². The van der Waals surface area contributed by atoms with Crippen LogP contribution in [-0.2, 0) is 19.4 Å². The number of aromatic nitrogens is 1. The van der Waals surface area contributed by atoms with Crippen molar-refractivity contribution in [1.82, 2.24) is 9.88 Å². The Morgan fingerprint density at radius 1 is 1.40 bits per heavy atom. The van der Waals surface area contributed by atoms with Crippen LogP contribution in [-0.4, -0.2) is 17.0 Å². The summed E-state index contributed by atoms with van der Waals surface area (Å²) in [5.41, 5.74) is 2.59. The molecule has 104 valence electrons. The molecule has 0 radical (unpaired) electrons. The van der Waals surface area contributed by atoms with Gasteiger partial charge in [-0.1, -0.05) is 18.2 Å². The third-order valence-electron chi connectivity index (χ3n) is 3.55. The molecule has 0 spiro atoms. The van der Waals surface area contributed by atoms with Crippen molar-refractivity contribution in [3.63, 3.8) is 0 Å². The van der Waals surface area contributed by atoms with Crippen LogP contribution in [0.25, 0.3) is 0 Å². The van der Waals surface area contributed by atoms with Gasteiger partial charge in [0.15, 0.2) is 0 Å². The van der Waals surface area contributed by atoms with Crippen molar-refractivity contribution >= 4 is 21.8 Å². The topological polar surface area (TPSA) is 34.0 Å². The van der Waals surface area contributed by atoms with Crippen LogP contribution in [0.1, 0.15) is 21.6 Å². The summed E-state index contributed by atoms with van der Waals surface area (Å²) in [5.74, 6) is -0.440. The summed E-state index contributed by atoms with van der Waals surface area (Å²) in [5, 5.41) is 3.27. The van der Waals surface area contributed by atoms with Gasteiger partial charge in [-0.05, 0) is 39.2 Å². The maximum Gasteiger partial charge on any atom is 0.236 e. The molecule has 1 aliphatic heterocycles. The molecule has 0 bridgehead atoms. The number of rotatable bonds is 2. The van der Waals surface area contributed by atoms with Crippen LogP contribution in [0.15, 0.2) is 34.9 Å². The van der Waals surface area contributed by atoms with Gasteiger partial charge in [0.1, 0.15) is 5.82 Å². The van der Waals surface area contributed by atoms with Crippen molar-refractivity contribution in [3.8, 4) is 0 Å². The van der Waals surface area contributed by atoms with Crippen molar-refractivity contribution in [3.05, 3.63) is 57.6 Å². The maximum atomic E-state index is 13.6. The van der Waals surface area contributed by atoms with Gasteiger partial charge in [-0.15, -0.1) is 0 Å². The van der Waals surface area contributed by atoms with E-state index in [1.165, 1.54) is 6.07 Å². The first-order chi connectivity index (χ1) is 9.66. The predicted octanol–water partition coefficient (Wildman–Crippen LogP) is 2.92. The second-order valence-electron chi connectivity index (χ2n) is 4.86. The molecule has 1 aromatic heterocycles. The SMILES string of the molecule is O=C(Cc1ccccc1F)n1c(Br)cc2c1CCNC2. The van der Waals surface area contributed by atoms with E-state index in [2.05, 4.69) is 21.2 Å². The van der Waals surface area contributed by atoms with Crippen LogP contribution in [0.4, 0.5) is 4.39 Å². The van der Waals surface area contributed by atoms with Crippen LogP contribution in [0.5, 0.6) is 0 Å². The van der Waals surface area contributed by atoms with E-state index in [9.17, 15) is 9.18 Å². The molecule has 20 heavy (non-hydrogen) atoms. The Morgan fingerprint density at radius 2 is 2.20 bits per heavy atom. The van der Waals surface area contributed by atoms with Crippen molar-refractivity contribution < 1.29 is 9.18 Å². The lowest BCUT2D eigenvalue weighted by atomic mass is 10.1. The lowest BCUT2D eigenvalue weighted by Gasteiger charge is -2.16. The van der Waals surface area contributed by atoms with Crippen molar-refractivity contribution in [1.29, 1.82) is 0 Å². The van der Waals surface area contributed by atoms with Gasteiger partial charge in [0.05, 0.1) is 11.0 Å². The standard InChI is InChI=1S/C15H14BrFN2O/c16-14-7-11-9-18-6-5-13(11)19(14)15(20)8-10-3-1-2-4-12(10)17/h1-4,7,18H,5-6,8-9H2. The minimum Gasteiger partial charge on any atom is -0.312 e. The number of nitrogens with one attached hydrogen (secondary N) is 1. The smallest absolute Gasteiger partial charge is 0.236 e. The molecule has 1 aromatic carbocycles. The lowest BCUT2D eigenvalue weighted by molar-refractivity contribution is 0.0907. The summed E-state index contributed by atoms with van der Waals surface area (Å²) in [6.07, 6.45) is 0.879. The largest absolute Gasteiger partial charge is 0.312 e. The van der Waals surface area contributed by atoms with Crippen molar-refractivity contribution in [2.45, 2.75) is 19.4 Å². The molecule has 0 amide bonds. The summed E-state index contributed by atoms with van der Waals surface area (Å²) in [4.78, 5) is 12.5. The zero-order valence-corrected chi connectivity index (χ0v) is 12.4. The third-order valence-corrected chi connectivity index (χ3v) is 4.13. The Hall–Kier alpha value is -1.46. The Labute approximate surface area is 124 Å². The predicted molar refractivity (Wildman–Crippen MR) is 78.3 cm³/mol. The Kier molecular flexibility index (Phi) is 3.72. The van der Waals surface area contributed by atoms with Gasteiger partial charge in [-0.3, -0.25) is 9.36 Å². The van der Waals surface area contributed by atoms with Crippen LogP contribution in [0.3, 0.4) is 0 Å². The van der Waals surface area contributed by atoms with E-state index in [1.54, 1.807) is 22.8 Å². The molecule has 1 aliphatic rings. The molecule has 0 atom stereocenters. The fourth-order valence-corrected chi connectivity index (χ4v) is 3.26. The average Bonchev–Trinajstić information content (AvgIpc) is 2.77. The Morgan fingerprint density at radius 3 is 3.00 bits per heavy atom. The molecule has 5 heteroatoms. The molecule has 2 heterocycles. The summed E-state index contributed by atoms with van der Waals surface area (Å²) >= 11 is 3.43. The quantitative estimate of drug-likeness (QED) is 0.914. The first-order valence-electron chi connectivity index (χ1n) is 6.53. The van der Waals surface area contributed by atoms with Crippen LogP contribution < -0.4 is 5.32 Å². The van der Waals surface area contributed by atoms with Gasteiger partial charge in [0.25, 0.3) is 0 Å². The molecule has 2 aromatic rings. The molecule has 1 N–H and O–H groups in total. The fourth-order valence-electron chi connectivity index (χ4n) is 2.57. The number of carbonyl (C=O) groups is 1. The Bertz CT molecular complexity index is 666. The molecule has 0 unspecified atom stereocenters. The summed E-state index contributed by atoms with van der Waals surface area (Å²) in [7, 11) is 0. The Balaban J connectivity index is 1.92. The highest BCUT2D eigenvalue weighted by Gasteiger charge is 2.21. The van der Waals surface area contributed by atoms with Crippen LogP contribution in [0.2, 0.25) is 0 Å². The first-order valence-corrected chi connectivity index (χ1v) is 7.32. The normalized spacial score (nSPS) is 14.1. The number of hydrogen-bond donors (Lipinski definition) is 1. The zero-order valence-electron chi connectivity index (χ0n) is 10.8. The fraction of sp³-hybridized carbons (Fsp3) is 0.267. The molecular weight excluding hydrogens is 323 g/mol. The molecule has 3 rings (SSSR count). The highest BCUT2D eigenvalue weighted by Crippen LogP contribution is 2.24. The molecule has 0 fully saturated rings. The van der Waals surface area contributed by atoms with Gasteiger partial charge >= 0.3 is 0 Å². The van der Waals surface area contributed by atoms with E-state index in [0.29, 0.717) is 5.56 Å². The van der Waals surface area contributed by atoms with Crippen molar-refractivity contribution in [2.75, 3.05) is 6.54 Å². The molecular formula is C15H14BrFN2O. The number of nitrogens with zero attached hydrogens (tertiary/aromatic N) is 1. The monoisotopic (exact) mass is 336 g/mol. The molecule has 0 saturated carbocycles. The van der Waals surface area contributed by atoms with Gasteiger partial charge in [0, 0.05) is 25.2 Å². The average molecular weight is 337 g/mol. The van der Waals surface area contributed by atoms with Crippen LogP contribution in [0, 0.1) is 5.82 Å². The minimum absolute atomic E-state index is 0.0693. The third kappa shape index (κ3) is 2.43. The van der Waals surface area contributed by atoms with Gasteiger partial charge in [0.2, 0.25) is 5.91 Å². The first kappa shape index (κ1) is 13.5. The zero-order chi connectivity index (χ0) is 14.1. The highest BCUT2D eigenvalue weighted by molar-refractivity contribution is 9.10. The van der Waals surface area contributed by atoms with Gasteiger partial charge in [-0.25, -0.2) is 4.39 Å².